The normalized spacial score (nSPS) is 14.1. The van der Waals surface area contributed by atoms with Crippen LogP contribution in [0.15, 0.2) is 24.3 Å². The highest BCUT2D eigenvalue weighted by Gasteiger charge is 2.06. The Morgan fingerprint density at radius 1 is 1.11 bits per heavy atom. The maximum Gasteiger partial charge on any atom is 0.119 e. The zero-order chi connectivity index (χ0) is 14.1. The molecule has 1 aromatic rings. The Balaban J connectivity index is 2.24. The van der Waals surface area contributed by atoms with Gasteiger partial charge in [-0.15, -0.1) is 0 Å². The summed E-state index contributed by atoms with van der Waals surface area (Å²) in [7, 11) is 0. The minimum atomic E-state index is -0.617. The molecule has 19 heavy (non-hydrogen) atoms. The first kappa shape index (κ1) is 16.0. The zero-order valence-electron chi connectivity index (χ0n) is 11.7. The average Bonchev–Trinajstić information content (AvgIpc) is 2.42. The predicted molar refractivity (Wildman–Crippen MR) is 74.3 cm³/mol. The Hall–Kier alpha value is -1.10. The summed E-state index contributed by atoms with van der Waals surface area (Å²) in [6, 6.07) is 7.19. The molecular formula is C15H24O4. The molecule has 0 fully saturated rings. The van der Waals surface area contributed by atoms with Gasteiger partial charge in [0.1, 0.15) is 18.5 Å². The molecule has 0 saturated carbocycles. The highest BCUT2D eigenvalue weighted by atomic mass is 16.5. The van der Waals surface area contributed by atoms with E-state index in [4.69, 9.17) is 9.47 Å². The largest absolute Gasteiger partial charge is 0.491 e. The van der Waals surface area contributed by atoms with Crippen molar-refractivity contribution in [2.24, 2.45) is 0 Å². The molecule has 4 nitrogen and oxygen atoms in total. The molecule has 0 aliphatic carbocycles. The fraction of sp³-hybridized carbons (Fsp3) is 0.600. The van der Waals surface area contributed by atoms with Gasteiger partial charge in [0.2, 0.25) is 0 Å². The predicted octanol–water partition coefficient (Wildman–Crippen LogP) is 2.30. The standard InChI is InChI=1S/C15H24O4/c1-3-4-9-18-10-14(17)11-19-15-7-5-13(6-8-15)12(2)16/h5-8,12,14,16-17H,3-4,9-11H2,1-2H3/t12-,14?/m1/s1. The van der Waals surface area contributed by atoms with E-state index in [1.165, 1.54) is 0 Å². The number of unbranched alkanes of at least 4 members (excludes halogenated alkanes) is 1. The van der Waals surface area contributed by atoms with E-state index >= 15 is 0 Å². The topological polar surface area (TPSA) is 58.9 Å². The molecule has 0 radical (unpaired) electrons. The van der Waals surface area contributed by atoms with Crippen LogP contribution < -0.4 is 4.74 Å². The van der Waals surface area contributed by atoms with Crippen LogP contribution in [0.4, 0.5) is 0 Å². The molecule has 4 heteroatoms. The van der Waals surface area contributed by atoms with Crippen molar-refractivity contribution in [2.45, 2.75) is 38.9 Å². The second kappa shape index (κ2) is 8.91. The van der Waals surface area contributed by atoms with E-state index in [1.54, 1.807) is 19.1 Å². The molecule has 0 amide bonds. The van der Waals surface area contributed by atoms with Gasteiger partial charge in [-0.25, -0.2) is 0 Å². The van der Waals surface area contributed by atoms with Gasteiger partial charge in [0.25, 0.3) is 0 Å². The van der Waals surface area contributed by atoms with Crippen molar-refractivity contribution in [3.8, 4) is 5.75 Å². The number of aliphatic hydroxyl groups excluding tert-OH is 2. The van der Waals surface area contributed by atoms with Gasteiger partial charge in [0, 0.05) is 6.61 Å². The maximum absolute atomic E-state index is 9.66. The van der Waals surface area contributed by atoms with E-state index in [2.05, 4.69) is 6.92 Å². The fourth-order valence-corrected chi connectivity index (χ4v) is 1.55. The van der Waals surface area contributed by atoms with Crippen LogP contribution in [0.25, 0.3) is 0 Å². The molecule has 0 heterocycles. The van der Waals surface area contributed by atoms with Crippen molar-refractivity contribution in [2.75, 3.05) is 19.8 Å². The van der Waals surface area contributed by atoms with Gasteiger partial charge in [-0.2, -0.15) is 0 Å². The van der Waals surface area contributed by atoms with E-state index in [-0.39, 0.29) is 6.61 Å². The quantitative estimate of drug-likeness (QED) is 0.675. The average molecular weight is 268 g/mol. The van der Waals surface area contributed by atoms with Crippen molar-refractivity contribution in [1.29, 1.82) is 0 Å². The van der Waals surface area contributed by atoms with E-state index in [9.17, 15) is 10.2 Å². The molecule has 108 valence electrons. The van der Waals surface area contributed by atoms with Crippen LogP contribution in [0, 0.1) is 0 Å². The molecular weight excluding hydrogens is 244 g/mol. The Bertz CT molecular complexity index is 335. The minimum Gasteiger partial charge on any atom is -0.491 e. The van der Waals surface area contributed by atoms with Crippen LogP contribution in [0.5, 0.6) is 5.75 Å². The Kier molecular flexibility index (Phi) is 7.48. The van der Waals surface area contributed by atoms with E-state index in [0.29, 0.717) is 19.0 Å². The number of rotatable bonds is 9. The fourth-order valence-electron chi connectivity index (χ4n) is 1.55. The lowest BCUT2D eigenvalue weighted by Gasteiger charge is -2.13. The van der Waals surface area contributed by atoms with Gasteiger partial charge < -0.3 is 19.7 Å². The van der Waals surface area contributed by atoms with E-state index < -0.39 is 12.2 Å². The summed E-state index contributed by atoms with van der Waals surface area (Å²) in [6.45, 7) is 5.00. The first-order chi connectivity index (χ1) is 9.13. The molecule has 0 aliphatic rings. The van der Waals surface area contributed by atoms with E-state index in [1.807, 2.05) is 12.1 Å². The van der Waals surface area contributed by atoms with Gasteiger partial charge in [-0.05, 0) is 31.0 Å². The van der Waals surface area contributed by atoms with Crippen LogP contribution in [0.2, 0.25) is 0 Å². The molecule has 1 unspecified atom stereocenters. The molecule has 1 aromatic carbocycles. The zero-order valence-corrected chi connectivity index (χ0v) is 11.7. The molecule has 0 spiro atoms. The van der Waals surface area contributed by atoms with Crippen LogP contribution in [-0.2, 0) is 4.74 Å². The van der Waals surface area contributed by atoms with Crippen LogP contribution in [0.1, 0.15) is 38.4 Å². The van der Waals surface area contributed by atoms with Gasteiger partial charge in [-0.1, -0.05) is 25.5 Å². The summed E-state index contributed by atoms with van der Waals surface area (Å²) in [4.78, 5) is 0. The SMILES string of the molecule is CCCCOCC(O)COc1ccc([C@@H](C)O)cc1. The Labute approximate surface area is 115 Å². The molecule has 2 atom stereocenters. The summed E-state index contributed by atoms with van der Waals surface area (Å²) < 4.78 is 10.8. The lowest BCUT2D eigenvalue weighted by atomic mass is 10.1. The monoisotopic (exact) mass is 268 g/mol. The van der Waals surface area contributed by atoms with Crippen LogP contribution in [-0.4, -0.2) is 36.1 Å². The van der Waals surface area contributed by atoms with Crippen molar-refractivity contribution < 1.29 is 19.7 Å². The van der Waals surface area contributed by atoms with Gasteiger partial charge in [0.05, 0.1) is 12.7 Å². The number of hydrogen-bond donors (Lipinski definition) is 2. The highest BCUT2D eigenvalue weighted by Crippen LogP contribution is 2.17. The maximum atomic E-state index is 9.66. The number of aliphatic hydroxyl groups is 2. The summed E-state index contributed by atoms with van der Waals surface area (Å²) >= 11 is 0. The summed E-state index contributed by atoms with van der Waals surface area (Å²) in [5.74, 6) is 0.678. The third kappa shape index (κ3) is 6.57. The first-order valence-corrected chi connectivity index (χ1v) is 6.80. The molecule has 0 bridgehead atoms. The second-order valence-corrected chi connectivity index (χ2v) is 4.64. The van der Waals surface area contributed by atoms with Crippen LogP contribution >= 0.6 is 0 Å². The van der Waals surface area contributed by atoms with Crippen molar-refractivity contribution >= 4 is 0 Å². The van der Waals surface area contributed by atoms with E-state index in [0.717, 1.165) is 18.4 Å². The van der Waals surface area contributed by atoms with Gasteiger partial charge >= 0.3 is 0 Å². The van der Waals surface area contributed by atoms with Crippen molar-refractivity contribution in [1.82, 2.24) is 0 Å². The summed E-state index contributed by atoms with van der Waals surface area (Å²) in [5.41, 5.74) is 0.843. The third-order valence-corrected chi connectivity index (χ3v) is 2.76. The third-order valence-electron chi connectivity index (χ3n) is 2.76. The smallest absolute Gasteiger partial charge is 0.119 e. The Morgan fingerprint density at radius 3 is 2.37 bits per heavy atom. The Morgan fingerprint density at radius 2 is 1.79 bits per heavy atom. The van der Waals surface area contributed by atoms with Crippen LogP contribution in [0.3, 0.4) is 0 Å². The number of hydrogen-bond acceptors (Lipinski definition) is 4. The minimum absolute atomic E-state index is 0.208. The first-order valence-electron chi connectivity index (χ1n) is 6.80. The van der Waals surface area contributed by atoms with Gasteiger partial charge in [-0.3, -0.25) is 0 Å². The number of benzene rings is 1. The van der Waals surface area contributed by atoms with Crippen molar-refractivity contribution in [3.63, 3.8) is 0 Å². The molecule has 2 N–H and O–H groups in total. The number of ether oxygens (including phenoxy) is 2. The molecule has 0 aromatic heterocycles. The summed E-state index contributed by atoms with van der Waals surface area (Å²) in [5, 5.41) is 19.0. The highest BCUT2D eigenvalue weighted by molar-refractivity contribution is 5.28. The summed E-state index contributed by atoms with van der Waals surface area (Å²) in [6.07, 6.45) is 0.997. The lowest BCUT2D eigenvalue weighted by Crippen LogP contribution is -2.23. The molecule has 0 aliphatic heterocycles. The van der Waals surface area contributed by atoms with Crippen molar-refractivity contribution in [3.05, 3.63) is 29.8 Å². The molecule has 0 saturated heterocycles. The second-order valence-electron chi connectivity index (χ2n) is 4.64. The lowest BCUT2D eigenvalue weighted by molar-refractivity contribution is 0.0113. The van der Waals surface area contributed by atoms with Gasteiger partial charge in [0.15, 0.2) is 0 Å². The molecule has 1 rings (SSSR count).